The van der Waals surface area contributed by atoms with Gasteiger partial charge in [0, 0.05) is 10.2 Å². The summed E-state index contributed by atoms with van der Waals surface area (Å²) in [6.45, 7) is 0. The first-order valence-corrected chi connectivity index (χ1v) is 5.17. The molecule has 0 aromatic heterocycles. The Kier molecular flexibility index (Phi) is 2.55. The Bertz CT molecular complexity index is 437. The predicted molar refractivity (Wildman–Crippen MR) is 64.0 cm³/mol. The second-order valence-corrected chi connectivity index (χ2v) is 3.96. The lowest BCUT2D eigenvalue weighted by atomic mass is 10.1. The Labute approximate surface area is 91.7 Å². The molecule has 14 heavy (non-hydrogen) atoms. The molecule has 0 radical (unpaired) electrons. The number of benzene rings is 2. The van der Waals surface area contributed by atoms with Crippen molar-refractivity contribution in [2.24, 2.45) is 0 Å². The third-order valence-electron chi connectivity index (χ3n) is 2.11. The Morgan fingerprint density at radius 2 is 1.57 bits per heavy atom. The summed E-state index contributed by atoms with van der Waals surface area (Å²) in [5.41, 5.74) is 8.86. The van der Waals surface area contributed by atoms with Crippen molar-refractivity contribution < 1.29 is 0 Å². The highest BCUT2D eigenvalue weighted by Gasteiger charge is 1.99. The molecule has 0 bridgehead atoms. The molecule has 1 nitrogen and oxygen atoms in total. The van der Waals surface area contributed by atoms with Gasteiger partial charge in [-0.25, -0.2) is 0 Å². The van der Waals surface area contributed by atoms with Crippen molar-refractivity contribution in [3.8, 4) is 11.1 Å². The molecule has 0 heterocycles. The van der Waals surface area contributed by atoms with Gasteiger partial charge in [-0.2, -0.15) is 0 Å². The van der Waals surface area contributed by atoms with Crippen molar-refractivity contribution in [3.05, 3.63) is 53.0 Å². The fraction of sp³-hybridized carbons (Fsp3) is 0. The smallest absolute Gasteiger partial charge is 0.0458 e. The molecule has 0 amide bonds. The molecule has 0 aliphatic rings. The molecule has 0 fully saturated rings. The van der Waals surface area contributed by atoms with Crippen molar-refractivity contribution >= 4 is 21.6 Å². The normalized spacial score (nSPS) is 10.1. The van der Waals surface area contributed by atoms with Crippen LogP contribution in [0.4, 0.5) is 5.69 Å². The van der Waals surface area contributed by atoms with Gasteiger partial charge in [0.2, 0.25) is 0 Å². The number of hydrogen-bond acceptors (Lipinski definition) is 1. The van der Waals surface area contributed by atoms with Crippen LogP contribution in [0.2, 0.25) is 0 Å². The summed E-state index contributed by atoms with van der Waals surface area (Å²) in [5, 5.41) is 0. The number of nitrogen functional groups attached to an aromatic ring is 1. The van der Waals surface area contributed by atoms with E-state index in [4.69, 9.17) is 5.73 Å². The standard InChI is InChI=1S/C12H10BrN/c13-11-8-10(6-7-12(11)14)9-4-2-1-3-5-9/h1-8H,14H2. The monoisotopic (exact) mass is 247 g/mol. The van der Waals surface area contributed by atoms with Crippen LogP contribution in [-0.2, 0) is 0 Å². The summed E-state index contributed by atoms with van der Waals surface area (Å²) in [6.07, 6.45) is 0. The molecule has 0 aliphatic carbocycles. The number of halogens is 1. The first kappa shape index (κ1) is 9.28. The van der Waals surface area contributed by atoms with Gasteiger partial charge in [0.15, 0.2) is 0 Å². The van der Waals surface area contributed by atoms with Crippen molar-refractivity contribution in [1.29, 1.82) is 0 Å². The van der Waals surface area contributed by atoms with Crippen LogP contribution in [0.3, 0.4) is 0 Å². The zero-order chi connectivity index (χ0) is 9.97. The van der Waals surface area contributed by atoms with Crippen molar-refractivity contribution in [2.45, 2.75) is 0 Å². The van der Waals surface area contributed by atoms with Gasteiger partial charge in [-0.3, -0.25) is 0 Å². The third kappa shape index (κ3) is 1.80. The van der Waals surface area contributed by atoms with E-state index in [1.165, 1.54) is 11.1 Å². The Morgan fingerprint density at radius 1 is 0.857 bits per heavy atom. The summed E-state index contributed by atoms with van der Waals surface area (Å²) >= 11 is 3.42. The number of anilines is 1. The van der Waals surface area contributed by atoms with E-state index in [0.29, 0.717) is 0 Å². The highest BCUT2D eigenvalue weighted by atomic mass is 79.9. The van der Waals surface area contributed by atoms with Crippen molar-refractivity contribution in [1.82, 2.24) is 0 Å². The van der Waals surface area contributed by atoms with E-state index in [9.17, 15) is 0 Å². The fourth-order valence-corrected chi connectivity index (χ4v) is 1.72. The van der Waals surface area contributed by atoms with Crippen LogP contribution in [0.15, 0.2) is 53.0 Å². The van der Waals surface area contributed by atoms with E-state index < -0.39 is 0 Å². The highest BCUT2D eigenvalue weighted by Crippen LogP contribution is 2.26. The number of hydrogen-bond donors (Lipinski definition) is 1. The quantitative estimate of drug-likeness (QED) is 0.765. The first-order valence-electron chi connectivity index (χ1n) is 4.38. The lowest BCUT2D eigenvalue weighted by molar-refractivity contribution is 1.58. The maximum absolute atomic E-state index is 5.72. The van der Waals surface area contributed by atoms with Crippen molar-refractivity contribution in [2.75, 3.05) is 5.73 Å². The molecule has 0 aliphatic heterocycles. The molecule has 2 aromatic carbocycles. The minimum Gasteiger partial charge on any atom is -0.398 e. The van der Waals surface area contributed by atoms with Gasteiger partial charge in [-0.05, 0) is 39.2 Å². The second-order valence-electron chi connectivity index (χ2n) is 3.10. The molecular formula is C12H10BrN. The van der Waals surface area contributed by atoms with Gasteiger partial charge in [0.05, 0.1) is 0 Å². The largest absolute Gasteiger partial charge is 0.398 e. The van der Waals surface area contributed by atoms with Gasteiger partial charge in [0.1, 0.15) is 0 Å². The van der Waals surface area contributed by atoms with Crippen LogP contribution in [0.1, 0.15) is 0 Å². The maximum Gasteiger partial charge on any atom is 0.0458 e. The van der Waals surface area contributed by atoms with Crippen LogP contribution in [0.25, 0.3) is 11.1 Å². The lowest BCUT2D eigenvalue weighted by Crippen LogP contribution is -1.86. The zero-order valence-corrected chi connectivity index (χ0v) is 9.16. The fourth-order valence-electron chi connectivity index (χ4n) is 1.34. The van der Waals surface area contributed by atoms with Gasteiger partial charge >= 0.3 is 0 Å². The summed E-state index contributed by atoms with van der Waals surface area (Å²) in [7, 11) is 0. The average Bonchev–Trinajstić information content (AvgIpc) is 2.23. The van der Waals surface area contributed by atoms with Gasteiger partial charge in [-0.15, -0.1) is 0 Å². The zero-order valence-electron chi connectivity index (χ0n) is 7.57. The van der Waals surface area contributed by atoms with Crippen LogP contribution in [0, 0.1) is 0 Å². The average molecular weight is 248 g/mol. The predicted octanol–water partition coefficient (Wildman–Crippen LogP) is 3.70. The molecule has 2 aromatic rings. The van der Waals surface area contributed by atoms with E-state index in [2.05, 4.69) is 28.1 Å². The van der Waals surface area contributed by atoms with Crippen LogP contribution >= 0.6 is 15.9 Å². The Balaban J connectivity index is 2.48. The topological polar surface area (TPSA) is 26.0 Å². The molecular weight excluding hydrogens is 238 g/mol. The molecule has 0 saturated carbocycles. The van der Waals surface area contributed by atoms with E-state index in [1.807, 2.05) is 36.4 Å². The molecule has 0 atom stereocenters. The van der Waals surface area contributed by atoms with E-state index in [-0.39, 0.29) is 0 Å². The van der Waals surface area contributed by atoms with E-state index in [0.717, 1.165) is 10.2 Å². The maximum atomic E-state index is 5.72. The van der Waals surface area contributed by atoms with Gasteiger partial charge in [-0.1, -0.05) is 36.4 Å². The molecule has 70 valence electrons. The minimum absolute atomic E-state index is 0.768. The Hall–Kier alpha value is -1.28. The lowest BCUT2D eigenvalue weighted by Gasteiger charge is -2.03. The highest BCUT2D eigenvalue weighted by molar-refractivity contribution is 9.10. The minimum atomic E-state index is 0.768. The SMILES string of the molecule is Nc1ccc(-c2ccccc2)cc1Br. The molecule has 0 spiro atoms. The Morgan fingerprint density at radius 3 is 2.21 bits per heavy atom. The number of nitrogens with two attached hydrogens (primary N) is 1. The first-order chi connectivity index (χ1) is 6.77. The second kappa shape index (κ2) is 3.84. The van der Waals surface area contributed by atoms with Gasteiger partial charge < -0.3 is 5.73 Å². The molecule has 0 unspecified atom stereocenters. The van der Waals surface area contributed by atoms with Gasteiger partial charge in [0.25, 0.3) is 0 Å². The third-order valence-corrected chi connectivity index (χ3v) is 2.79. The van der Waals surface area contributed by atoms with Crippen LogP contribution < -0.4 is 5.73 Å². The summed E-state index contributed by atoms with van der Waals surface area (Å²) in [6, 6.07) is 16.2. The molecule has 2 N–H and O–H groups in total. The molecule has 0 saturated heterocycles. The van der Waals surface area contributed by atoms with Crippen LogP contribution in [0.5, 0.6) is 0 Å². The van der Waals surface area contributed by atoms with Crippen molar-refractivity contribution in [3.63, 3.8) is 0 Å². The molecule has 2 rings (SSSR count). The summed E-state index contributed by atoms with van der Waals surface area (Å²) in [5.74, 6) is 0. The van der Waals surface area contributed by atoms with Crippen LogP contribution in [-0.4, -0.2) is 0 Å². The van der Waals surface area contributed by atoms with E-state index >= 15 is 0 Å². The summed E-state index contributed by atoms with van der Waals surface area (Å²) < 4.78 is 0.943. The molecule has 2 heteroatoms. The summed E-state index contributed by atoms with van der Waals surface area (Å²) in [4.78, 5) is 0. The number of rotatable bonds is 1. The van der Waals surface area contributed by atoms with E-state index in [1.54, 1.807) is 0 Å².